The third-order valence-corrected chi connectivity index (χ3v) is 4.91. The lowest BCUT2D eigenvalue weighted by Gasteiger charge is -2.13. The van der Waals surface area contributed by atoms with Crippen molar-refractivity contribution < 1.29 is 4.74 Å². The van der Waals surface area contributed by atoms with Gasteiger partial charge in [0.25, 0.3) is 5.56 Å². The fourth-order valence-electron chi connectivity index (χ4n) is 2.21. The van der Waals surface area contributed by atoms with Crippen molar-refractivity contribution in [2.24, 2.45) is 0 Å². The van der Waals surface area contributed by atoms with Crippen LogP contribution in [0.4, 0.5) is 0 Å². The van der Waals surface area contributed by atoms with Crippen LogP contribution in [0.25, 0.3) is 5.69 Å². The number of hydrogen-bond donors (Lipinski definition) is 0. The van der Waals surface area contributed by atoms with E-state index in [-0.39, 0.29) is 5.56 Å². The number of aryl methyl sites for hydroxylation is 1. The van der Waals surface area contributed by atoms with E-state index in [9.17, 15) is 4.79 Å². The van der Waals surface area contributed by atoms with Crippen LogP contribution in [0.3, 0.4) is 0 Å². The molecule has 0 saturated heterocycles. The number of aromatic nitrogens is 2. The van der Waals surface area contributed by atoms with E-state index in [2.05, 4.69) is 4.98 Å². The molecule has 0 fully saturated rings. The van der Waals surface area contributed by atoms with E-state index in [0.717, 1.165) is 39.4 Å². The molecule has 2 heterocycles. The van der Waals surface area contributed by atoms with Crippen LogP contribution in [-0.2, 0) is 6.42 Å². The van der Waals surface area contributed by atoms with Crippen molar-refractivity contribution in [2.45, 2.75) is 16.5 Å². The highest BCUT2D eigenvalue weighted by Gasteiger charge is 2.22. The van der Waals surface area contributed by atoms with Gasteiger partial charge in [-0.25, -0.2) is 4.98 Å². The van der Waals surface area contributed by atoms with Crippen molar-refractivity contribution in [3.05, 3.63) is 40.3 Å². The highest BCUT2D eigenvalue weighted by molar-refractivity contribution is 7.99. The van der Waals surface area contributed by atoms with E-state index in [1.54, 1.807) is 23.4 Å². The van der Waals surface area contributed by atoms with Crippen LogP contribution in [0.2, 0.25) is 0 Å². The van der Waals surface area contributed by atoms with E-state index in [1.165, 1.54) is 11.8 Å². The van der Waals surface area contributed by atoms with E-state index >= 15 is 0 Å². The molecule has 20 heavy (non-hydrogen) atoms. The Morgan fingerprint density at radius 2 is 2.30 bits per heavy atom. The molecular formula is C14H14N2O2S2. The Morgan fingerprint density at radius 3 is 3.05 bits per heavy atom. The first-order valence-corrected chi connectivity index (χ1v) is 8.42. The molecule has 6 heteroatoms. The third kappa shape index (κ3) is 2.23. The maximum absolute atomic E-state index is 12.7. The van der Waals surface area contributed by atoms with Gasteiger partial charge in [0, 0.05) is 18.2 Å². The smallest absolute Gasteiger partial charge is 0.272 e. The Hall–Kier alpha value is -1.40. The summed E-state index contributed by atoms with van der Waals surface area (Å²) in [6.45, 7) is 0. The zero-order valence-corrected chi connectivity index (χ0v) is 12.9. The standard InChI is InChI=1S/C14H14N2O2S2/c1-18-10-5-3-4-9(8-10)16-13(17)12-11(6-7-20-12)15-14(16)19-2/h3-5,8H,6-7H2,1-2H3. The molecule has 1 aromatic carbocycles. The van der Waals surface area contributed by atoms with E-state index < -0.39 is 0 Å². The minimum Gasteiger partial charge on any atom is -0.497 e. The highest BCUT2D eigenvalue weighted by atomic mass is 32.2. The quantitative estimate of drug-likeness (QED) is 0.644. The van der Waals surface area contributed by atoms with Crippen molar-refractivity contribution in [1.82, 2.24) is 9.55 Å². The second kappa shape index (κ2) is 5.54. The molecule has 0 radical (unpaired) electrons. The second-order valence-electron chi connectivity index (χ2n) is 4.31. The Bertz CT molecular complexity index is 713. The van der Waals surface area contributed by atoms with Crippen LogP contribution in [0, 0.1) is 0 Å². The molecule has 104 valence electrons. The molecule has 4 nitrogen and oxygen atoms in total. The summed E-state index contributed by atoms with van der Waals surface area (Å²) < 4.78 is 6.91. The summed E-state index contributed by atoms with van der Waals surface area (Å²) in [5, 5.41) is 0.726. The molecule has 0 unspecified atom stereocenters. The average molecular weight is 306 g/mol. The Balaban J connectivity index is 2.24. The van der Waals surface area contributed by atoms with Gasteiger partial charge in [-0.2, -0.15) is 0 Å². The molecule has 2 aromatic rings. The number of thioether (sulfide) groups is 2. The number of methoxy groups -OCH3 is 1. The molecule has 3 rings (SSSR count). The van der Waals surface area contributed by atoms with E-state index in [4.69, 9.17) is 4.74 Å². The molecule has 0 aliphatic carbocycles. The van der Waals surface area contributed by atoms with Gasteiger partial charge < -0.3 is 4.74 Å². The molecule has 0 atom stereocenters. The monoisotopic (exact) mass is 306 g/mol. The number of rotatable bonds is 3. The van der Waals surface area contributed by atoms with Gasteiger partial charge in [-0.3, -0.25) is 9.36 Å². The predicted octanol–water partition coefficient (Wildman–Crippen LogP) is 2.61. The van der Waals surface area contributed by atoms with E-state index in [1.807, 2.05) is 30.5 Å². The van der Waals surface area contributed by atoms with Crippen molar-refractivity contribution in [3.8, 4) is 11.4 Å². The summed E-state index contributed by atoms with van der Waals surface area (Å²) in [4.78, 5) is 18.1. The van der Waals surface area contributed by atoms with Crippen LogP contribution >= 0.6 is 23.5 Å². The number of hydrogen-bond acceptors (Lipinski definition) is 5. The zero-order chi connectivity index (χ0) is 14.1. The van der Waals surface area contributed by atoms with Crippen LogP contribution < -0.4 is 10.3 Å². The first-order chi connectivity index (χ1) is 9.74. The van der Waals surface area contributed by atoms with Crippen molar-refractivity contribution in [3.63, 3.8) is 0 Å². The molecule has 1 aromatic heterocycles. The minimum absolute atomic E-state index is 0.0232. The molecular weight excluding hydrogens is 292 g/mol. The number of fused-ring (bicyclic) bond motifs is 1. The minimum atomic E-state index is 0.0232. The van der Waals surface area contributed by atoms with Gasteiger partial charge in [-0.05, 0) is 18.4 Å². The molecule has 1 aliphatic heterocycles. The third-order valence-electron chi connectivity index (χ3n) is 3.16. The molecule has 1 aliphatic rings. The van der Waals surface area contributed by atoms with Crippen LogP contribution in [-0.4, -0.2) is 28.7 Å². The van der Waals surface area contributed by atoms with Gasteiger partial charge in [0.1, 0.15) is 5.75 Å². The Labute approximate surface area is 125 Å². The lowest BCUT2D eigenvalue weighted by molar-refractivity contribution is 0.414. The van der Waals surface area contributed by atoms with Crippen LogP contribution in [0.5, 0.6) is 5.75 Å². The van der Waals surface area contributed by atoms with Gasteiger partial charge in [-0.1, -0.05) is 17.8 Å². The molecule has 0 N–H and O–H groups in total. The largest absolute Gasteiger partial charge is 0.497 e. The molecule has 0 bridgehead atoms. The SMILES string of the molecule is COc1cccc(-n2c(SC)nc3c(c2=O)SCC3)c1. The summed E-state index contributed by atoms with van der Waals surface area (Å²) >= 11 is 3.08. The summed E-state index contributed by atoms with van der Waals surface area (Å²) in [6.07, 6.45) is 2.81. The predicted molar refractivity (Wildman–Crippen MR) is 82.6 cm³/mol. The van der Waals surface area contributed by atoms with Gasteiger partial charge in [-0.15, -0.1) is 11.8 Å². The first-order valence-electron chi connectivity index (χ1n) is 6.21. The molecule has 0 saturated carbocycles. The van der Waals surface area contributed by atoms with E-state index in [0.29, 0.717) is 0 Å². The lowest BCUT2D eigenvalue weighted by atomic mass is 10.3. The molecule has 0 spiro atoms. The highest BCUT2D eigenvalue weighted by Crippen LogP contribution is 2.29. The van der Waals surface area contributed by atoms with Crippen molar-refractivity contribution in [1.29, 1.82) is 0 Å². The number of ether oxygens (including phenoxy) is 1. The van der Waals surface area contributed by atoms with Gasteiger partial charge in [0.2, 0.25) is 0 Å². The summed E-state index contributed by atoms with van der Waals surface area (Å²) in [5.41, 5.74) is 1.75. The van der Waals surface area contributed by atoms with Gasteiger partial charge >= 0.3 is 0 Å². The Morgan fingerprint density at radius 1 is 1.45 bits per heavy atom. The maximum Gasteiger partial charge on any atom is 0.272 e. The second-order valence-corrected chi connectivity index (χ2v) is 6.19. The Kier molecular flexibility index (Phi) is 3.76. The normalized spacial score (nSPS) is 13.3. The number of nitrogens with zero attached hydrogens (tertiary/aromatic N) is 2. The number of benzene rings is 1. The zero-order valence-electron chi connectivity index (χ0n) is 11.3. The van der Waals surface area contributed by atoms with Crippen molar-refractivity contribution >= 4 is 23.5 Å². The van der Waals surface area contributed by atoms with Gasteiger partial charge in [0.15, 0.2) is 5.16 Å². The maximum atomic E-state index is 12.7. The first kappa shape index (κ1) is 13.6. The lowest BCUT2D eigenvalue weighted by Crippen LogP contribution is -2.23. The van der Waals surface area contributed by atoms with Crippen LogP contribution in [0.1, 0.15) is 5.69 Å². The molecule has 0 amide bonds. The van der Waals surface area contributed by atoms with Gasteiger partial charge in [0.05, 0.1) is 23.4 Å². The summed E-state index contributed by atoms with van der Waals surface area (Å²) in [6, 6.07) is 7.50. The fourth-order valence-corrected chi connectivity index (χ4v) is 3.81. The van der Waals surface area contributed by atoms with Crippen LogP contribution in [0.15, 0.2) is 39.1 Å². The topological polar surface area (TPSA) is 44.1 Å². The van der Waals surface area contributed by atoms with Crippen molar-refractivity contribution in [2.75, 3.05) is 19.1 Å². The average Bonchev–Trinajstić information content (AvgIpc) is 2.95. The summed E-state index contributed by atoms with van der Waals surface area (Å²) in [5.74, 6) is 1.67. The summed E-state index contributed by atoms with van der Waals surface area (Å²) in [7, 11) is 1.62. The fraction of sp³-hybridized carbons (Fsp3) is 0.286.